The summed E-state index contributed by atoms with van der Waals surface area (Å²) in [4.78, 5) is 8.84. The maximum atomic E-state index is 6.28. The number of hydrogen-bond acceptors (Lipinski definition) is 4. The molecule has 114 valence electrons. The minimum atomic E-state index is 0.0940. The van der Waals surface area contributed by atoms with E-state index in [0.29, 0.717) is 5.02 Å². The Balaban J connectivity index is 2.21. The van der Waals surface area contributed by atoms with Gasteiger partial charge in [-0.05, 0) is 18.2 Å². The van der Waals surface area contributed by atoms with Gasteiger partial charge >= 0.3 is 0 Å². The van der Waals surface area contributed by atoms with E-state index in [1.165, 1.54) is 0 Å². The minimum absolute atomic E-state index is 0.0940. The number of likely N-dealkylation sites (N-methyl/N-ethyl adjacent to an activating group) is 1. The Labute approximate surface area is 135 Å². The van der Waals surface area contributed by atoms with Gasteiger partial charge in [0.1, 0.15) is 0 Å². The molecule has 0 amide bonds. The molecular formula is C16H22ClN3S. The van der Waals surface area contributed by atoms with Crippen molar-refractivity contribution < 1.29 is 0 Å². The van der Waals surface area contributed by atoms with Crippen LogP contribution in [0.5, 0.6) is 0 Å². The first kappa shape index (κ1) is 16.4. The van der Waals surface area contributed by atoms with Crippen LogP contribution in [0.4, 0.5) is 0 Å². The van der Waals surface area contributed by atoms with E-state index in [2.05, 4.69) is 43.4 Å². The van der Waals surface area contributed by atoms with E-state index in [1.807, 2.05) is 6.07 Å². The van der Waals surface area contributed by atoms with Crippen molar-refractivity contribution in [3.8, 4) is 0 Å². The fourth-order valence-electron chi connectivity index (χ4n) is 2.13. The molecule has 0 radical (unpaired) electrons. The number of thiazole rings is 1. The van der Waals surface area contributed by atoms with Gasteiger partial charge < -0.3 is 5.32 Å². The molecule has 1 unspecified atom stereocenters. The number of nitrogens with one attached hydrogen (secondary N) is 1. The summed E-state index contributed by atoms with van der Waals surface area (Å²) in [7, 11) is 0. The number of halogens is 1. The molecule has 0 saturated heterocycles. The molecule has 5 heteroatoms. The van der Waals surface area contributed by atoms with Crippen LogP contribution in [0.3, 0.4) is 0 Å². The van der Waals surface area contributed by atoms with Crippen LogP contribution in [0.25, 0.3) is 0 Å². The third kappa shape index (κ3) is 4.25. The highest BCUT2D eigenvalue weighted by Crippen LogP contribution is 2.28. The number of pyridine rings is 1. The van der Waals surface area contributed by atoms with Gasteiger partial charge in [0.25, 0.3) is 0 Å². The lowest BCUT2D eigenvalue weighted by molar-refractivity contribution is 0.539. The quantitative estimate of drug-likeness (QED) is 0.887. The molecule has 2 heterocycles. The van der Waals surface area contributed by atoms with E-state index >= 15 is 0 Å². The van der Waals surface area contributed by atoms with Crippen molar-refractivity contribution in [2.75, 3.05) is 6.54 Å². The third-order valence-electron chi connectivity index (χ3n) is 3.33. The van der Waals surface area contributed by atoms with Crippen LogP contribution in [0.2, 0.25) is 5.02 Å². The van der Waals surface area contributed by atoms with Gasteiger partial charge in [-0.1, -0.05) is 39.3 Å². The van der Waals surface area contributed by atoms with Crippen molar-refractivity contribution in [1.29, 1.82) is 0 Å². The highest BCUT2D eigenvalue weighted by atomic mass is 35.5. The lowest BCUT2D eigenvalue weighted by Gasteiger charge is -2.18. The van der Waals surface area contributed by atoms with Crippen molar-refractivity contribution >= 4 is 22.9 Å². The molecule has 2 aromatic rings. The van der Waals surface area contributed by atoms with Gasteiger partial charge in [0.2, 0.25) is 0 Å². The molecule has 2 rings (SSSR count). The van der Waals surface area contributed by atoms with Gasteiger partial charge in [0.05, 0.1) is 15.7 Å². The molecule has 3 nitrogen and oxygen atoms in total. The molecule has 0 fully saturated rings. The number of rotatable bonds is 5. The van der Waals surface area contributed by atoms with Gasteiger partial charge in [-0.3, -0.25) is 4.98 Å². The Bertz CT molecular complexity index is 589. The zero-order valence-corrected chi connectivity index (χ0v) is 14.6. The molecule has 0 aliphatic rings. The van der Waals surface area contributed by atoms with Crippen LogP contribution in [-0.2, 0) is 11.8 Å². The van der Waals surface area contributed by atoms with Gasteiger partial charge in [-0.25, -0.2) is 4.98 Å². The molecule has 0 aliphatic heterocycles. The largest absolute Gasteiger partial charge is 0.310 e. The third-order valence-corrected chi connectivity index (χ3v) is 4.52. The fraction of sp³-hybridized carbons (Fsp3) is 0.500. The Morgan fingerprint density at radius 1 is 1.38 bits per heavy atom. The Morgan fingerprint density at radius 2 is 2.14 bits per heavy atom. The first-order valence-electron chi connectivity index (χ1n) is 7.19. The first-order valence-corrected chi connectivity index (χ1v) is 8.45. The molecule has 0 aliphatic carbocycles. The van der Waals surface area contributed by atoms with Gasteiger partial charge in [0, 0.05) is 35.7 Å². The maximum Gasteiger partial charge on any atom is 0.0947 e. The zero-order valence-electron chi connectivity index (χ0n) is 13.0. The second-order valence-corrected chi connectivity index (χ2v) is 7.44. The normalized spacial score (nSPS) is 13.4. The van der Waals surface area contributed by atoms with Gasteiger partial charge in [0.15, 0.2) is 0 Å². The van der Waals surface area contributed by atoms with Crippen molar-refractivity contribution in [2.45, 2.75) is 45.6 Å². The topological polar surface area (TPSA) is 37.8 Å². The number of nitrogens with zero attached hydrogens (tertiary/aromatic N) is 2. The maximum absolute atomic E-state index is 6.28. The minimum Gasteiger partial charge on any atom is -0.310 e. The van der Waals surface area contributed by atoms with Crippen LogP contribution in [0.15, 0.2) is 23.8 Å². The second-order valence-electron chi connectivity index (χ2n) is 6.09. The molecule has 0 bridgehead atoms. The lowest BCUT2D eigenvalue weighted by atomic mass is 9.93. The van der Waals surface area contributed by atoms with E-state index in [1.54, 1.807) is 23.7 Å². The Kier molecular flexibility index (Phi) is 5.36. The predicted molar refractivity (Wildman–Crippen MR) is 90.2 cm³/mol. The average molecular weight is 324 g/mol. The summed E-state index contributed by atoms with van der Waals surface area (Å²) in [6.45, 7) is 9.55. The molecule has 1 atom stereocenters. The SMILES string of the molecule is CCNC(Cc1nc(C(C)(C)C)cs1)c1ccncc1Cl. The van der Waals surface area contributed by atoms with Crippen molar-refractivity contribution in [3.05, 3.63) is 45.1 Å². The zero-order chi connectivity index (χ0) is 15.5. The number of aromatic nitrogens is 2. The van der Waals surface area contributed by atoms with Gasteiger partial charge in [-0.15, -0.1) is 11.3 Å². The van der Waals surface area contributed by atoms with E-state index in [9.17, 15) is 0 Å². The van der Waals surface area contributed by atoms with E-state index in [4.69, 9.17) is 16.6 Å². The van der Waals surface area contributed by atoms with Crippen molar-refractivity contribution in [3.63, 3.8) is 0 Å². The van der Waals surface area contributed by atoms with Crippen molar-refractivity contribution in [1.82, 2.24) is 15.3 Å². The fourth-order valence-corrected chi connectivity index (χ4v) is 3.45. The summed E-state index contributed by atoms with van der Waals surface area (Å²) in [6, 6.07) is 2.15. The second kappa shape index (κ2) is 6.86. The highest BCUT2D eigenvalue weighted by Gasteiger charge is 2.20. The average Bonchev–Trinajstić information content (AvgIpc) is 2.87. The van der Waals surface area contributed by atoms with Crippen LogP contribution in [0.1, 0.15) is 50.0 Å². The summed E-state index contributed by atoms with van der Waals surface area (Å²) < 4.78 is 0. The molecule has 2 aromatic heterocycles. The summed E-state index contributed by atoms with van der Waals surface area (Å²) in [5.41, 5.74) is 2.33. The van der Waals surface area contributed by atoms with Crippen LogP contribution in [0, 0.1) is 0 Å². The van der Waals surface area contributed by atoms with E-state index in [-0.39, 0.29) is 11.5 Å². The smallest absolute Gasteiger partial charge is 0.0947 e. The number of hydrogen-bond donors (Lipinski definition) is 1. The predicted octanol–water partition coefficient (Wildman–Crippen LogP) is 4.38. The van der Waals surface area contributed by atoms with Crippen LogP contribution < -0.4 is 5.32 Å². The molecular weight excluding hydrogens is 302 g/mol. The summed E-state index contributed by atoms with van der Waals surface area (Å²) in [5, 5.41) is 7.49. The highest BCUT2D eigenvalue weighted by molar-refractivity contribution is 7.09. The Morgan fingerprint density at radius 3 is 2.71 bits per heavy atom. The van der Waals surface area contributed by atoms with E-state index in [0.717, 1.165) is 29.2 Å². The van der Waals surface area contributed by atoms with E-state index < -0.39 is 0 Å². The molecule has 0 saturated carbocycles. The molecule has 0 spiro atoms. The summed E-state index contributed by atoms with van der Waals surface area (Å²) in [6.07, 6.45) is 4.33. The lowest BCUT2D eigenvalue weighted by Crippen LogP contribution is -2.23. The monoisotopic (exact) mass is 323 g/mol. The molecule has 1 N–H and O–H groups in total. The van der Waals surface area contributed by atoms with Gasteiger partial charge in [-0.2, -0.15) is 0 Å². The van der Waals surface area contributed by atoms with Crippen LogP contribution >= 0.6 is 22.9 Å². The summed E-state index contributed by atoms with van der Waals surface area (Å²) in [5.74, 6) is 0. The van der Waals surface area contributed by atoms with Crippen molar-refractivity contribution in [2.24, 2.45) is 0 Å². The van der Waals surface area contributed by atoms with Crippen LogP contribution in [-0.4, -0.2) is 16.5 Å². The standard InChI is InChI=1S/C16H22ClN3S/c1-5-19-13(11-6-7-18-9-12(11)17)8-15-20-14(10-21-15)16(2,3)4/h6-7,9-10,13,19H,5,8H2,1-4H3. The summed E-state index contributed by atoms with van der Waals surface area (Å²) >= 11 is 8.00. The first-order chi connectivity index (χ1) is 9.91. The molecule has 21 heavy (non-hydrogen) atoms. The molecule has 0 aromatic carbocycles. The Hall–Kier alpha value is -0.970.